The minimum atomic E-state index is -0.0216. The van der Waals surface area contributed by atoms with E-state index in [0.29, 0.717) is 18.8 Å². The van der Waals surface area contributed by atoms with Gasteiger partial charge in [-0.05, 0) is 25.0 Å². The Balaban J connectivity index is 1.90. The van der Waals surface area contributed by atoms with E-state index < -0.39 is 0 Å². The molecular weight excluding hydrogens is 290 g/mol. The Labute approximate surface area is 136 Å². The number of aromatic nitrogens is 3. The lowest BCUT2D eigenvalue weighted by molar-refractivity contribution is 0.0744. The van der Waals surface area contributed by atoms with E-state index >= 15 is 0 Å². The van der Waals surface area contributed by atoms with Crippen LogP contribution in [-0.2, 0) is 19.5 Å². The number of nitrogens with zero attached hydrogens (tertiary/aromatic N) is 5. The smallest absolute Gasteiger partial charge is 0.276 e. The molecule has 1 aromatic carbocycles. The van der Waals surface area contributed by atoms with E-state index in [9.17, 15) is 4.79 Å². The number of fused-ring (bicyclic) bond motifs is 1. The molecule has 6 nitrogen and oxygen atoms in total. The van der Waals surface area contributed by atoms with Crippen molar-refractivity contribution in [2.24, 2.45) is 0 Å². The maximum Gasteiger partial charge on any atom is 0.276 e. The van der Waals surface area contributed by atoms with Crippen molar-refractivity contribution in [2.45, 2.75) is 33.4 Å². The summed E-state index contributed by atoms with van der Waals surface area (Å²) in [5.41, 5.74) is 3.78. The van der Waals surface area contributed by atoms with Gasteiger partial charge in [0.15, 0.2) is 5.69 Å². The zero-order chi connectivity index (χ0) is 16.4. The molecule has 0 atom stereocenters. The average molecular weight is 313 g/mol. The van der Waals surface area contributed by atoms with E-state index in [-0.39, 0.29) is 5.91 Å². The molecule has 0 saturated carbocycles. The van der Waals surface area contributed by atoms with Crippen LogP contribution in [0.15, 0.2) is 24.3 Å². The highest BCUT2D eigenvalue weighted by Gasteiger charge is 2.26. The first kappa shape index (κ1) is 15.5. The molecule has 0 radical (unpaired) electrons. The molecule has 1 amide bonds. The summed E-state index contributed by atoms with van der Waals surface area (Å²) in [7, 11) is 2.07. The summed E-state index contributed by atoms with van der Waals surface area (Å²) in [5.74, 6) is -0.0216. The average Bonchev–Trinajstić information content (AvgIpc) is 2.92. The Hall–Kier alpha value is -2.37. The fraction of sp³-hybridized carbons (Fsp3) is 0.471. The number of aryl methyl sites for hydroxylation is 1. The SMILES string of the molecule is CCc1c(C(=O)N2CCN(C)c3ccccc3C2)nnn1CC. The van der Waals surface area contributed by atoms with Crippen molar-refractivity contribution >= 4 is 11.6 Å². The first-order valence-corrected chi connectivity index (χ1v) is 8.16. The third-order valence-electron chi connectivity index (χ3n) is 4.43. The van der Waals surface area contributed by atoms with Gasteiger partial charge in [-0.2, -0.15) is 0 Å². The summed E-state index contributed by atoms with van der Waals surface area (Å²) >= 11 is 0. The van der Waals surface area contributed by atoms with Crippen molar-refractivity contribution in [3.8, 4) is 0 Å². The van der Waals surface area contributed by atoms with E-state index in [2.05, 4.69) is 34.4 Å². The van der Waals surface area contributed by atoms with E-state index in [1.54, 1.807) is 0 Å². The summed E-state index contributed by atoms with van der Waals surface area (Å²) in [6, 6.07) is 8.25. The van der Waals surface area contributed by atoms with Crippen LogP contribution in [0.2, 0.25) is 0 Å². The third kappa shape index (κ3) is 2.81. The summed E-state index contributed by atoms with van der Waals surface area (Å²) < 4.78 is 1.81. The Morgan fingerprint density at radius 3 is 2.74 bits per heavy atom. The molecule has 0 fully saturated rings. The molecule has 1 aromatic heterocycles. The van der Waals surface area contributed by atoms with Gasteiger partial charge in [0, 0.05) is 38.9 Å². The first-order valence-electron chi connectivity index (χ1n) is 8.16. The molecule has 2 heterocycles. The van der Waals surface area contributed by atoms with Crippen LogP contribution in [0.3, 0.4) is 0 Å². The Morgan fingerprint density at radius 1 is 1.22 bits per heavy atom. The first-order chi connectivity index (χ1) is 11.2. The third-order valence-corrected chi connectivity index (χ3v) is 4.43. The zero-order valence-corrected chi connectivity index (χ0v) is 14.0. The van der Waals surface area contributed by atoms with Gasteiger partial charge >= 0.3 is 0 Å². The number of hydrogen-bond donors (Lipinski definition) is 0. The molecule has 3 rings (SSSR count). The second-order valence-corrected chi connectivity index (χ2v) is 5.83. The molecule has 0 unspecified atom stereocenters. The number of anilines is 1. The predicted octanol–water partition coefficient (Wildman–Crippen LogP) is 1.95. The van der Waals surface area contributed by atoms with Crippen molar-refractivity contribution in [1.82, 2.24) is 19.9 Å². The maximum absolute atomic E-state index is 13.0. The molecule has 2 aromatic rings. The van der Waals surface area contributed by atoms with E-state index in [0.717, 1.165) is 25.2 Å². The van der Waals surface area contributed by atoms with Gasteiger partial charge < -0.3 is 9.80 Å². The summed E-state index contributed by atoms with van der Waals surface area (Å²) in [4.78, 5) is 17.1. The summed E-state index contributed by atoms with van der Waals surface area (Å²) in [5, 5.41) is 8.26. The van der Waals surface area contributed by atoms with Crippen molar-refractivity contribution < 1.29 is 4.79 Å². The number of para-hydroxylation sites is 1. The van der Waals surface area contributed by atoms with Gasteiger partial charge in [-0.25, -0.2) is 4.68 Å². The van der Waals surface area contributed by atoms with Crippen LogP contribution in [0.4, 0.5) is 5.69 Å². The van der Waals surface area contributed by atoms with E-state index in [4.69, 9.17) is 0 Å². The number of benzene rings is 1. The fourth-order valence-corrected chi connectivity index (χ4v) is 3.12. The molecule has 0 spiro atoms. The standard InChI is InChI=1S/C17H23N5O/c1-4-14-16(18-19-22(14)5-2)17(23)21-11-10-20(3)15-9-7-6-8-13(15)12-21/h6-9H,4-5,10-12H2,1-3H3. The van der Waals surface area contributed by atoms with E-state index in [1.807, 2.05) is 35.6 Å². The second kappa shape index (κ2) is 6.40. The predicted molar refractivity (Wildman–Crippen MR) is 89.5 cm³/mol. The monoisotopic (exact) mass is 313 g/mol. The van der Waals surface area contributed by atoms with Crippen LogP contribution in [0.5, 0.6) is 0 Å². The minimum Gasteiger partial charge on any atom is -0.373 e. The highest BCUT2D eigenvalue weighted by molar-refractivity contribution is 5.93. The molecule has 122 valence electrons. The molecule has 0 bridgehead atoms. The largest absolute Gasteiger partial charge is 0.373 e. The molecule has 23 heavy (non-hydrogen) atoms. The summed E-state index contributed by atoms with van der Waals surface area (Å²) in [6.45, 7) is 6.89. The van der Waals surface area contributed by atoms with Gasteiger partial charge in [0.05, 0.1) is 5.69 Å². The van der Waals surface area contributed by atoms with Crippen molar-refractivity contribution in [1.29, 1.82) is 0 Å². The maximum atomic E-state index is 13.0. The molecule has 0 N–H and O–H groups in total. The number of amides is 1. The highest BCUT2D eigenvalue weighted by Crippen LogP contribution is 2.24. The highest BCUT2D eigenvalue weighted by atomic mass is 16.2. The van der Waals surface area contributed by atoms with Gasteiger partial charge in [-0.3, -0.25) is 4.79 Å². The van der Waals surface area contributed by atoms with Crippen molar-refractivity contribution in [2.75, 3.05) is 25.0 Å². The Bertz CT molecular complexity index is 709. The Morgan fingerprint density at radius 2 is 2.00 bits per heavy atom. The molecular formula is C17H23N5O. The van der Waals surface area contributed by atoms with Gasteiger partial charge in [0.25, 0.3) is 5.91 Å². The molecule has 0 saturated heterocycles. The van der Waals surface area contributed by atoms with Crippen LogP contribution >= 0.6 is 0 Å². The van der Waals surface area contributed by atoms with E-state index in [1.165, 1.54) is 11.3 Å². The topological polar surface area (TPSA) is 54.3 Å². The van der Waals surface area contributed by atoms with Crippen LogP contribution in [0.25, 0.3) is 0 Å². The van der Waals surface area contributed by atoms with Gasteiger partial charge in [-0.1, -0.05) is 30.3 Å². The fourth-order valence-electron chi connectivity index (χ4n) is 3.12. The number of carbonyl (C=O) groups is 1. The lowest BCUT2D eigenvalue weighted by Gasteiger charge is -2.20. The quantitative estimate of drug-likeness (QED) is 0.869. The normalized spacial score (nSPS) is 14.6. The van der Waals surface area contributed by atoms with Gasteiger partial charge in [0.2, 0.25) is 0 Å². The summed E-state index contributed by atoms with van der Waals surface area (Å²) in [6.07, 6.45) is 0.756. The number of rotatable bonds is 3. The number of likely N-dealkylation sites (N-methyl/N-ethyl adjacent to an activating group) is 1. The lowest BCUT2D eigenvalue weighted by Crippen LogP contribution is -2.35. The van der Waals surface area contributed by atoms with Gasteiger partial charge in [0.1, 0.15) is 0 Å². The zero-order valence-electron chi connectivity index (χ0n) is 14.0. The van der Waals surface area contributed by atoms with Gasteiger partial charge in [-0.15, -0.1) is 5.10 Å². The van der Waals surface area contributed by atoms with Crippen LogP contribution in [0, 0.1) is 0 Å². The van der Waals surface area contributed by atoms with Crippen LogP contribution in [-0.4, -0.2) is 45.9 Å². The van der Waals surface area contributed by atoms with Crippen molar-refractivity contribution in [3.05, 3.63) is 41.2 Å². The molecule has 1 aliphatic rings. The second-order valence-electron chi connectivity index (χ2n) is 5.83. The number of carbonyl (C=O) groups excluding carboxylic acids is 1. The van der Waals surface area contributed by atoms with Crippen LogP contribution in [0.1, 0.15) is 35.6 Å². The number of hydrogen-bond acceptors (Lipinski definition) is 4. The van der Waals surface area contributed by atoms with Crippen molar-refractivity contribution in [3.63, 3.8) is 0 Å². The lowest BCUT2D eigenvalue weighted by atomic mass is 10.1. The van der Waals surface area contributed by atoms with Crippen LogP contribution < -0.4 is 4.90 Å². The molecule has 6 heteroatoms. The minimum absolute atomic E-state index is 0.0216. The molecule has 0 aliphatic carbocycles. The Kier molecular flexibility index (Phi) is 4.32. The molecule has 1 aliphatic heterocycles.